The van der Waals surface area contributed by atoms with Crippen LogP contribution in [0.1, 0.15) is 28.5 Å². The standard InChI is InChI=1S/C13H15N5O2/c1-3-10-12(20)14-13(17-15-10)18-16-11(19)9-6-4-8(2)5-7-9/h4-7H,3H2,1-2H3,(H,16,19)(H2,14,17,18,20). The second kappa shape index (κ2) is 5.96. The van der Waals surface area contributed by atoms with Crippen LogP contribution in [0.5, 0.6) is 0 Å². The molecule has 7 nitrogen and oxygen atoms in total. The Hall–Kier alpha value is -2.70. The zero-order chi connectivity index (χ0) is 14.5. The van der Waals surface area contributed by atoms with E-state index in [9.17, 15) is 9.59 Å². The Labute approximate surface area is 115 Å². The molecule has 3 N–H and O–H groups in total. The Bertz CT molecular complexity index is 663. The number of hydrogen-bond donors (Lipinski definition) is 3. The number of amides is 1. The van der Waals surface area contributed by atoms with Crippen LogP contribution in [-0.2, 0) is 6.42 Å². The number of aromatic nitrogens is 3. The highest BCUT2D eigenvalue weighted by Crippen LogP contribution is 2.02. The molecule has 1 amide bonds. The first-order chi connectivity index (χ1) is 9.60. The van der Waals surface area contributed by atoms with Crippen LogP contribution >= 0.6 is 0 Å². The number of anilines is 1. The molecule has 0 saturated heterocycles. The Balaban J connectivity index is 2.01. The van der Waals surface area contributed by atoms with Crippen molar-refractivity contribution in [1.82, 2.24) is 20.6 Å². The third kappa shape index (κ3) is 3.19. The molecule has 1 heterocycles. The minimum absolute atomic E-state index is 0.0904. The quantitative estimate of drug-likeness (QED) is 0.715. The Kier molecular flexibility index (Phi) is 4.09. The van der Waals surface area contributed by atoms with Gasteiger partial charge in [-0.25, -0.2) is 0 Å². The number of nitrogens with one attached hydrogen (secondary N) is 3. The van der Waals surface area contributed by atoms with Gasteiger partial charge < -0.3 is 0 Å². The summed E-state index contributed by atoms with van der Waals surface area (Å²) in [7, 11) is 0. The molecule has 1 aromatic heterocycles. The highest BCUT2D eigenvalue weighted by Gasteiger charge is 2.06. The van der Waals surface area contributed by atoms with Gasteiger partial charge in [0, 0.05) is 5.56 Å². The monoisotopic (exact) mass is 273 g/mol. The van der Waals surface area contributed by atoms with Crippen molar-refractivity contribution in [3.05, 3.63) is 51.4 Å². The Morgan fingerprint density at radius 1 is 1.25 bits per heavy atom. The third-order valence-electron chi connectivity index (χ3n) is 2.71. The molecule has 0 saturated carbocycles. The Morgan fingerprint density at radius 3 is 2.55 bits per heavy atom. The van der Waals surface area contributed by atoms with Crippen molar-refractivity contribution < 1.29 is 4.79 Å². The van der Waals surface area contributed by atoms with Gasteiger partial charge in [-0.1, -0.05) is 24.6 Å². The summed E-state index contributed by atoms with van der Waals surface area (Å²) >= 11 is 0. The molecule has 0 bridgehead atoms. The van der Waals surface area contributed by atoms with Gasteiger partial charge in [-0.3, -0.25) is 25.4 Å². The maximum absolute atomic E-state index is 11.8. The fourth-order valence-corrected chi connectivity index (χ4v) is 1.54. The van der Waals surface area contributed by atoms with Crippen LogP contribution in [0.2, 0.25) is 0 Å². The van der Waals surface area contributed by atoms with Gasteiger partial charge in [0.1, 0.15) is 5.69 Å². The van der Waals surface area contributed by atoms with Crippen LogP contribution in [0.4, 0.5) is 5.95 Å². The number of aryl methyl sites for hydroxylation is 2. The average molecular weight is 273 g/mol. The molecule has 20 heavy (non-hydrogen) atoms. The van der Waals surface area contributed by atoms with E-state index in [1.54, 1.807) is 12.1 Å². The molecule has 2 rings (SSSR count). The number of H-pyrrole nitrogens is 1. The van der Waals surface area contributed by atoms with E-state index in [0.29, 0.717) is 17.7 Å². The van der Waals surface area contributed by atoms with Gasteiger partial charge in [0.15, 0.2) is 0 Å². The van der Waals surface area contributed by atoms with Crippen molar-refractivity contribution in [2.24, 2.45) is 0 Å². The normalized spacial score (nSPS) is 10.1. The van der Waals surface area contributed by atoms with Crippen LogP contribution in [-0.4, -0.2) is 21.1 Å². The summed E-state index contributed by atoms with van der Waals surface area (Å²) in [5.74, 6) is -0.236. The molecular weight excluding hydrogens is 258 g/mol. The topological polar surface area (TPSA) is 99.8 Å². The van der Waals surface area contributed by atoms with E-state index in [1.807, 2.05) is 26.0 Å². The van der Waals surface area contributed by atoms with Crippen molar-refractivity contribution in [3.63, 3.8) is 0 Å². The van der Waals surface area contributed by atoms with Crippen molar-refractivity contribution >= 4 is 11.9 Å². The van der Waals surface area contributed by atoms with Crippen molar-refractivity contribution in [1.29, 1.82) is 0 Å². The van der Waals surface area contributed by atoms with Crippen LogP contribution < -0.4 is 16.4 Å². The van der Waals surface area contributed by atoms with Gasteiger partial charge in [-0.15, -0.1) is 10.2 Å². The second-order valence-corrected chi connectivity index (χ2v) is 4.25. The summed E-state index contributed by atoms with van der Waals surface area (Å²) in [6.45, 7) is 3.75. The number of carbonyl (C=O) groups is 1. The summed E-state index contributed by atoms with van der Waals surface area (Å²) in [6.07, 6.45) is 0.498. The predicted molar refractivity (Wildman–Crippen MR) is 74.3 cm³/mol. The highest BCUT2D eigenvalue weighted by atomic mass is 16.2. The number of carbonyl (C=O) groups excluding carboxylic acids is 1. The molecule has 2 aromatic rings. The van der Waals surface area contributed by atoms with Crippen molar-refractivity contribution in [2.75, 3.05) is 5.43 Å². The zero-order valence-corrected chi connectivity index (χ0v) is 11.2. The molecule has 0 unspecified atom stereocenters. The lowest BCUT2D eigenvalue weighted by molar-refractivity contribution is 0.0962. The van der Waals surface area contributed by atoms with E-state index in [1.165, 1.54) is 0 Å². The van der Waals surface area contributed by atoms with E-state index in [4.69, 9.17) is 0 Å². The van der Waals surface area contributed by atoms with Gasteiger partial charge in [0.2, 0.25) is 5.95 Å². The maximum atomic E-state index is 11.8. The van der Waals surface area contributed by atoms with E-state index in [2.05, 4.69) is 26.0 Å². The summed E-state index contributed by atoms with van der Waals surface area (Å²) in [5, 5.41) is 7.51. The van der Waals surface area contributed by atoms with Crippen molar-refractivity contribution in [3.8, 4) is 0 Å². The van der Waals surface area contributed by atoms with Crippen LogP contribution in [0.25, 0.3) is 0 Å². The predicted octanol–water partition coefficient (Wildman–Crippen LogP) is 0.793. The number of hydrazine groups is 1. The van der Waals surface area contributed by atoms with E-state index in [0.717, 1.165) is 5.56 Å². The lowest BCUT2D eigenvalue weighted by atomic mass is 10.1. The molecule has 7 heteroatoms. The van der Waals surface area contributed by atoms with E-state index < -0.39 is 0 Å². The first-order valence-corrected chi connectivity index (χ1v) is 6.19. The lowest BCUT2D eigenvalue weighted by Gasteiger charge is -2.07. The fraction of sp³-hybridized carbons (Fsp3) is 0.231. The number of benzene rings is 1. The lowest BCUT2D eigenvalue weighted by Crippen LogP contribution is -2.32. The zero-order valence-electron chi connectivity index (χ0n) is 11.2. The van der Waals surface area contributed by atoms with Gasteiger partial charge in [-0.2, -0.15) is 0 Å². The highest BCUT2D eigenvalue weighted by molar-refractivity contribution is 5.94. The van der Waals surface area contributed by atoms with Gasteiger partial charge in [0.25, 0.3) is 11.5 Å². The second-order valence-electron chi connectivity index (χ2n) is 4.25. The molecule has 0 aliphatic rings. The molecule has 0 radical (unpaired) electrons. The number of nitrogens with zero attached hydrogens (tertiary/aromatic N) is 2. The van der Waals surface area contributed by atoms with Crippen LogP contribution in [0.3, 0.4) is 0 Å². The van der Waals surface area contributed by atoms with Crippen LogP contribution in [0, 0.1) is 6.92 Å². The molecule has 0 fully saturated rings. The summed E-state index contributed by atoms with van der Waals surface area (Å²) < 4.78 is 0. The molecular formula is C13H15N5O2. The summed E-state index contributed by atoms with van der Waals surface area (Å²) in [4.78, 5) is 25.8. The van der Waals surface area contributed by atoms with Crippen LogP contribution in [0.15, 0.2) is 29.1 Å². The summed E-state index contributed by atoms with van der Waals surface area (Å²) in [6, 6.07) is 7.10. The van der Waals surface area contributed by atoms with E-state index >= 15 is 0 Å². The van der Waals surface area contributed by atoms with Gasteiger partial charge in [0.05, 0.1) is 0 Å². The molecule has 0 aliphatic heterocycles. The largest absolute Gasteiger partial charge is 0.288 e. The number of rotatable bonds is 4. The molecule has 0 aliphatic carbocycles. The third-order valence-corrected chi connectivity index (χ3v) is 2.71. The Morgan fingerprint density at radius 2 is 1.95 bits per heavy atom. The first-order valence-electron chi connectivity index (χ1n) is 6.19. The smallest absolute Gasteiger partial charge is 0.274 e. The molecule has 0 atom stereocenters. The number of aromatic amines is 1. The van der Waals surface area contributed by atoms with Gasteiger partial charge >= 0.3 is 0 Å². The SMILES string of the molecule is CCc1nnc(NNC(=O)c2ccc(C)cc2)[nH]c1=O. The van der Waals surface area contributed by atoms with E-state index in [-0.39, 0.29) is 17.4 Å². The average Bonchev–Trinajstić information content (AvgIpc) is 2.45. The first kappa shape index (κ1) is 13.7. The summed E-state index contributed by atoms with van der Waals surface area (Å²) in [5.41, 5.74) is 6.55. The fourth-order valence-electron chi connectivity index (χ4n) is 1.54. The number of hydrogen-bond acceptors (Lipinski definition) is 5. The minimum atomic E-state index is -0.327. The molecule has 1 aromatic carbocycles. The minimum Gasteiger partial charge on any atom is -0.288 e. The molecule has 104 valence electrons. The maximum Gasteiger partial charge on any atom is 0.274 e. The van der Waals surface area contributed by atoms with Gasteiger partial charge in [-0.05, 0) is 25.5 Å². The van der Waals surface area contributed by atoms with Crippen molar-refractivity contribution in [2.45, 2.75) is 20.3 Å². The molecule has 0 spiro atoms.